The number of carbonyl (C=O) groups is 1. The van der Waals surface area contributed by atoms with Gasteiger partial charge in [-0.3, -0.25) is 0 Å². The van der Waals surface area contributed by atoms with Crippen molar-refractivity contribution in [2.45, 2.75) is 32.8 Å². The van der Waals surface area contributed by atoms with E-state index in [-0.39, 0.29) is 16.9 Å². The number of nitrogens with zero attached hydrogens (tertiary/aromatic N) is 1. The Morgan fingerprint density at radius 1 is 1.53 bits per heavy atom. The van der Waals surface area contributed by atoms with Crippen molar-refractivity contribution in [3.63, 3.8) is 0 Å². The summed E-state index contributed by atoms with van der Waals surface area (Å²) in [5.74, 6) is 0.558. The normalized spacial score (nSPS) is 11.5. The standard InChI is InChI=1S/C13H15NO4S/c1-13(2,3)9-6-14-10(18-9)7-17-8-4-5-19-11(8)12(15)16/h4-6H,7H2,1-3H3,(H,15,16). The summed E-state index contributed by atoms with van der Waals surface area (Å²) < 4.78 is 11.0. The predicted octanol–water partition coefficient (Wildman–Crippen LogP) is 3.31. The molecule has 2 aromatic heterocycles. The van der Waals surface area contributed by atoms with E-state index in [1.165, 1.54) is 0 Å². The zero-order chi connectivity index (χ0) is 14.0. The Hall–Kier alpha value is -1.82. The minimum absolute atomic E-state index is 0.111. The van der Waals surface area contributed by atoms with Crippen LogP contribution in [-0.4, -0.2) is 16.1 Å². The predicted molar refractivity (Wildman–Crippen MR) is 70.8 cm³/mol. The van der Waals surface area contributed by atoms with Crippen molar-refractivity contribution < 1.29 is 19.1 Å². The second kappa shape index (κ2) is 5.05. The monoisotopic (exact) mass is 281 g/mol. The zero-order valence-electron chi connectivity index (χ0n) is 11.0. The van der Waals surface area contributed by atoms with Gasteiger partial charge in [-0.05, 0) is 11.4 Å². The number of aromatic nitrogens is 1. The van der Waals surface area contributed by atoms with Crippen LogP contribution >= 0.6 is 11.3 Å². The van der Waals surface area contributed by atoms with Crippen LogP contribution in [0.2, 0.25) is 0 Å². The van der Waals surface area contributed by atoms with Crippen molar-refractivity contribution >= 4 is 17.3 Å². The van der Waals surface area contributed by atoms with E-state index in [0.29, 0.717) is 11.6 Å². The Morgan fingerprint density at radius 3 is 2.84 bits per heavy atom. The van der Waals surface area contributed by atoms with Gasteiger partial charge >= 0.3 is 5.97 Å². The Labute approximate surface area is 114 Å². The minimum Gasteiger partial charge on any atom is -0.482 e. The molecule has 6 heteroatoms. The number of aromatic carboxylic acids is 1. The fraction of sp³-hybridized carbons (Fsp3) is 0.385. The molecule has 5 nitrogen and oxygen atoms in total. The highest BCUT2D eigenvalue weighted by Crippen LogP contribution is 2.26. The van der Waals surface area contributed by atoms with Crippen LogP contribution in [0.3, 0.4) is 0 Å². The van der Waals surface area contributed by atoms with Gasteiger partial charge in [0, 0.05) is 5.41 Å². The number of carboxylic acid groups (broad SMARTS) is 1. The number of thiophene rings is 1. The minimum atomic E-state index is -0.993. The fourth-order valence-electron chi connectivity index (χ4n) is 1.43. The maximum Gasteiger partial charge on any atom is 0.349 e. The van der Waals surface area contributed by atoms with E-state index in [1.54, 1.807) is 17.6 Å². The molecule has 1 N–H and O–H groups in total. The molecule has 0 bridgehead atoms. The first-order valence-electron chi connectivity index (χ1n) is 5.76. The Morgan fingerprint density at radius 2 is 2.26 bits per heavy atom. The molecule has 2 heterocycles. The maximum atomic E-state index is 10.9. The van der Waals surface area contributed by atoms with Crippen LogP contribution in [0.25, 0.3) is 0 Å². The van der Waals surface area contributed by atoms with Crippen LogP contribution in [0.15, 0.2) is 22.1 Å². The van der Waals surface area contributed by atoms with Crippen LogP contribution in [-0.2, 0) is 12.0 Å². The van der Waals surface area contributed by atoms with E-state index in [2.05, 4.69) is 4.98 Å². The molecule has 0 amide bonds. The molecule has 0 atom stereocenters. The van der Waals surface area contributed by atoms with Gasteiger partial charge in [-0.25, -0.2) is 9.78 Å². The molecule has 0 fully saturated rings. The van der Waals surface area contributed by atoms with Gasteiger partial charge in [0.1, 0.15) is 11.5 Å². The third kappa shape index (κ3) is 3.14. The van der Waals surface area contributed by atoms with E-state index in [9.17, 15) is 4.79 Å². The Kier molecular flexibility index (Phi) is 3.61. The molecule has 0 aliphatic rings. The quantitative estimate of drug-likeness (QED) is 0.930. The molecule has 0 saturated heterocycles. The average molecular weight is 281 g/mol. The average Bonchev–Trinajstić information content (AvgIpc) is 2.94. The van der Waals surface area contributed by atoms with Crippen LogP contribution < -0.4 is 4.74 Å². The molecule has 0 spiro atoms. The maximum absolute atomic E-state index is 10.9. The van der Waals surface area contributed by atoms with Crippen LogP contribution in [0, 0.1) is 0 Å². The molecule has 0 aliphatic heterocycles. The molecule has 0 radical (unpaired) electrons. The highest BCUT2D eigenvalue weighted by molar-refractivity contribution is 7.12. The summed E-state index contributed by atoms with van der Waals surface area (Å²) in [6, 6.07) is 1.63. The molecule has 0 saturated carbocycles. The number of rotatable bonds is 4. The van der Waals surface area contributed by atoms with Gasteiger partial charge in [-0.2, -0.15) is 0 Å². The summed E-state index contributed by atoms with van der Waals surface area (Å²) in [5, 5.41) is 10.6. The molecular formula is C13H15NO4S. The molecule has 0 unspecified atom stereocenters. The molecule has 2 aromatic rings. The van der Waals surface area contributed by atoms with E-state index in [1.807, 2.05) is 20.8 Å². The highest BCUT2D eigenvalue weighted by atomic mass is 32.1. The summed E-state index contributed by atoms with van der Waals surface area (Å²) in [7, 11) is 0. The third-order valence-corrected chi connectivity index (χ3v) is 3.35. The molecule has 19 heavy (non-hydrogen) atoms. The van der Waals surface area contributed by atoms with Gasteiger partial charge in [-0.15, -0.1) is 11.3 Å². The largest absolute Gasteiger partial charge is 0.482 e. The fourth-order valence-corrected chi connectivity index (χ4v) is 2.10. The van der Waals surface area contributed by atoms with E-state index < -0.39 is 5.97 Å². The van der Waals surface area contributed by atoms with Crippen molar-refractivity contribution in [3.05, 3.63) is 34.2 Å². The lowest BCUT2D eigenvalue weighted by atomic mass is 9.94. The Balaban J connectivity index is 2.05. The second-order valence-electron chi connectivity index (χ2n) is 5.08. The van der Waals surface area contributed by atoms with Crippen LogP contribution in [0.4, 0.5) is 0 Å². The summed E-state index contributed by atoms with van der Waals surface area (Å²) >= 11 is 1.13. The third-order valence-electron chi connectivity index (χ3n) is 2.47. The lowest BCUT2D eigenvalue weighted by Gasteiger charge is -2.13. The topological polar surface area (TPSA) is 72.6 Å². The van der Waals surface area contributed by atoms with E-state index in [0.717, 1.165) is 17.1 Å². The van der Waals surface area contributed by atoms with Gasteiger partial charge < -0.3 is 14.3 Å². The van der Waals surface area contributed by atoms with Crippen molar-refractivity contribution in [2.75, 3.05) is 0 Å². The summed E-state index contributed by atoms with van der Waals surface area (Å²) in [6.07, 6.45) is 1.67. The van der Waals surface area contributed by atoms with Crippen molar-refractivity contribution in [1.29, 1.82) is 0 Å². The summed E-state index contributed by atoms with van der Waals surface area (Å²) in [5.41, 5.74) is -0.111. The Bertz CT molecular complexity index is 579. The number of hydrogen-bond acceptors (Lipinski definition) is 5. The van der Waals surface area contributed by atoms with Crippen LogP contribution in [0.1, 0.15) is 42.1 Å². The van der Waals surface area contributed by atoms with Gasteiger partial charge in [0.25, 0.3) is 0 Å². The highest BCUT2D eigenvalue weighted by Gasteiger charge is 2.20. The van der Waals surface area contributed by atoms with Gasteiger partial charge in [0.2, 0.25) is 5.89 Å². The second-order valence-corrected chi connectivity index (χ2v) is 5.99. The summed E-state index contributed by atoms with van der Waals surface area (Å²) in [4.78, 5) is 15.2. The molecule has 0 aromatic carbocycles. The lowest BCUT2D eigenvalue weighted by molar-refractivity contribution is 0.0697. The number of ether oxygens (including phenoxy) is 1. The van der Waals surface area contributed by atoms with Crippen molar-refractivity contribution in [2.24, 2.45) is 0 Å². The van der Waals surface area contributed by atoms with Crippen LogP contribution in [0.5, 0.6) is 5.75 Å². The SMILES string of the molecule is CC(C)(C)c1cnc(COc2ccsc2C(=O)O)o1. The summed E-state index contributed by atoms with van der Waals surface area (Å²) in [6.45, 7) is 6.20. The number of carboxylic acids is 1. The van der Waals surface area contributed by atoms with Gasteiger partial charge in [0.15, 0.2) is 11.5 Å². The zero-order valence-corrected chi connectivity index (χ0v) is 11.8. The van der Waals surface area contributed by atoms with Crippen molar-refractivity contribution in [3.8, 4) is 5.75 Å². The van der Waals surface area contributed by atoms with E-state index in [4.69, 9.17) is 14.3 Å². The lowest BCUT2D eigenvalue weighted by Crippen LogP contribution is -2.09. The van der Waals surface area contributed by atoms with E-state index >= 15 is 0 Å². The van der Waals surface area contributed by atoms with Crippen molar-refractivity contribution in [1.82, 2.24) is 4.98 Å². The smallest absolute Gasteiger partial charge is 0.349 e. The first-order chi connectivity index (χ1) is 8.88. The molecular weight excluding hydrogens is 266 g/mol. The molecule has 102 valence electrons. The number of hydrogen-bond donors (Lipinski definition) is 1. The number of oxazole rings is 1. The van der Waals surface area contributed by atoms with Gasteiger partial charge in [-0.1, -0.05) is 20.8 Å². The molecule has 0 aliphatic carbocycles. The molecule has 2 rings (SSSR count). The first-order valence-corrected chi connectivity index (χ1v) is 6.64. The first kappa shape index (κ1) is 13.6. The van der Waals surface area contributed by atoms with Gasteiger partial charge in [0.05, 0.1) is 6.20 Å².